The Morgan fingerprint density at radius 2 is 1.93 bits per heavy atom. The van der Waals surface area contributed by atoms with Crippen LogP contribution in [0.15, 0.2) is 40.7 Å². The normalized spacial score (nSPS) is 14.6. The molecule has 0 atom stereocenters. The van der Waals surface area contributed by atoms with Crippen LogP contribution in [0.2, 0.25) is 0 Å². The van der Waals surface area contributed by atoms with E-state index in [1.54, 1.807) is 30.3 Å². The third kappa shape index (κ3) is 3.16. The standard InChI is InChI=1S/C21H19FN6O2/c1-3-13-9-17-19(25-11-13)28(21(30)20(29)26(17)2)15-4-6-27(7-5-15)18-16(22)8-14(10-23)12-24-18/h3,8-9,11-12,15H,1,4-7H2,2H3. The van der Waals surface area contributed by atoms with Crippen LogP contribution in [0.3, 0.4) is 0 Å². The lowest BCUT2D eigenvalue weighted by atomic mass is 10.0. The van der Waals surface area contributed by atoms with Crippen molar-refractivity contribution in [1.82, 2.24) is 19.1 Å². The van der Waals surface area contributed by atoms with Crippen LogP contribution in [0.25, 0.3) is 17.2 Å². The second-order valence-corrected chi connectivity index (χ2v) is 7.21. The van der Waals surface area contributed by atoms with Gasteiger partial charge in [-0.15, -0.1) is 0 Å². The molecule has 4 rings (SSSR count). The Kier molecular flexibility index (Phi) is 4.91. The maximum absolute atomic E-state index is 14.3. The molecule has 1 aliphatic rings. The van der Waals surface area contributed by atoms with E-state index < -0.39 is 16.9 Å². The fourth-order valence-electron chi connectivity index (χ4n) is 3.86. The average molecular weight is 406 g/mol. The molecule has 3 aromatic rings. The molecule has 1 fully saturated rings. The fourth-order valence-corrected chi connectivity index (χ4v) is 3.86. The number of nitrogens with zero attached hydrogens (tertiary/aromatic N) is 6. The molecule has 0 spiro atoms. The predicted octanol–water partition coefficient (Wildman–Crippen LogP) is 1.99. The first-order valence-electron chi connectivity index (χ1n) is 9.49. The van der Waals surface area contributed by atoms with E-state index in [0.29, 0.717) is 37.1 Å². The summed E-state index contributed by atoms with van der Waals surface area (Å²) in [5.41, 5.74) is 0.667. The lowest BCUT2D eigenvalue weighted by molar-refractivity contribution is 0.388. The molecule has 0 N–H and O–H groups in total. The van der Waals surface area contributed by atoms with Crippen molar-refractivity contribution in [3.05, 3.63) is 68.8 Å². The van der Waals surface area contributed by atoms with Crippen molar-refractivity contribution in [2.45, 2.75) is 18.9 Å². The Balaban J connectivity index is 1.69. The van der Waals surface area contributed by atoms with Crippen LogP contribution in [-0.2, 0) is 7.05 Å². The summed E-state index contributed by atoms with van der Waals surface area (Å²) in [5.74, 6) is -0.371. The van der Waals surface area contributed by atoms with Gasteiger partial charge in [-0.3, -0.25) is 14.2 Å². The number of fused-ring (bicyclic) bond motifs is 1. The first kappa shape index (κ1) is 19.5. The summed E-state index contributed by atoms with van der Waals surface area (Å²) in [6.45, 7) is 4.62. The fraction of sp³-hybridized carbons (Fsp3) is 0.286. The highest BCUT2D eigenvalue weighted by Crippen LogP contribution is 2.28. The third-order valence-electron chi connectivity index (χ3n) is 5.48. The van der Waals surface area contributed by atoms with E-state index in [1.807, 2.05) is 6.07 Å². The van der Waals surface area contributed by atoms with Crippen LogP contribution < -0.4 is 16.0 Å². The zero-order valence-electron chi connectivity index (χ0n) is 16.4. The molecule has 8 nitrogen and oxygen atoms in total. The van der Waals surface area contributed by atoms with Crippen molar-refractivity contribution in [1.29, 1.82) is 5.26 Å². The van der Waals surface area contributed by atoms with E-state index in [4.69, 9.17) is 5.26 Å². The van der Waals surface area contributed by atoms with Crippen molar-refractivity contribution in [3.8, 4) is 6.07 Å². The van der Waals surface area contributed by atoms with E-state index in [2.05, 4.69) is 16.5 Å². The van der Waals surface area contributed by atoms with Gasteiger partial charge in [-0.2, -0.15) is 5.26 Å². The summed E-state index contributed by atoms with van der Waals surface area (Å²) in [4.78, 5) is 35.6. The molecule has 152 valence electrons. The molecule has 0 aromatic carbocycles. The largest absolute Gasteiger partial charge is 0.354 e. The van der Waals surface area contributed by atoms with Gasteiger partial charge in [-0.1, -0.05) is 12.7 Å². The van der Waals surface area contributed by atoms with E-state index in [0.717, 1.165) is 11.6 Å². The Labute approximate surface area is 171 Å². The SMILES string of the molecule is C=Cc1cnc2c(c1)n(C)c(=O)c(=O)n2C1CCN(c2ncc(C#N)cc2F)CC1. The van der Waals surface area contributed by atoms with Crippen molar-refractivity contribution in [2.75, 3.05) is 18.0 Å². The minimum absolute atomic E-state index is 0.161. The lowest BCUT2D eigenvalue weighted by Gasteiger charge is -2.34. The Hall–Kier alpha value is -3.80. The van der Waals surface area contributed by atoms with E-state index in [1.165, 1.54) is 15.3 Å². The molecule has 9 heteroatoms. The smallest absolute Gasteiger partial charge is 0.318 e. The average Bonchev–Trinajstić information content (AvgIpc) is 2.78. The lowest BCUT2D eigenvalue weighted by Crippen LogP contribution is -2.45. The molecular formula is C21H19FN6O2. The van der Waals surface area contributed by atoms with Crippen LogP contribution in [0, 0.1) is 17.1 Å². The molecule has 0 unspecified atom stereocenters. The van der Waals surface area contributed by atoms with Gasteiger partial charge in [0.1, 0.15) is 6.07 Å². The van der Waals surface area contributed by atoms with Crippen molar-refractivity contribution >= 4 is 23.1 Å². The van der Waals surface area contributed by atoms with E-state index >= 15 is 0 Å². The minimum Gasteiger partial charge on any atom is -0.354 e. The zero-order chi connectivity index (χ0) is 21.4. The molecule has 3 aromatic heterocycles. The third-order valence-corrected chi connectivity index (χ3v) is 5.48. The summed E-state index contributed by atoms with van der Waals surface area (Å²) in [7, 11) is 1.55. The molecule has 1 aliphatic heterocycles. The van der Waals surface area contributed by atoms with E-state index in [-0.39, 0.29) is 17.4 Å². The number of anilines is 1. The van der Waals surface area contributed by atoms with Crippen LogP contribution in [0.4, 0.5) is 10.2 Å². The second-order valence-electron chi connectivity index (χ2n) is 7.21. The number of hydrogen-bond donors (Lipinski definition) is 0. The first-order valence-corrected chi connectivity index (χ1v) is 9.49. The molecule has 0 bridgehead atoms. The van der Waals surface area contributed by atoms with Gasteiger partial charge in [-0.25, -0.2) is 14.4 Å². The van der Waals surface area contributed by atoms with Gasteiger partial charge in [0.15, 0.2) is 17.3 Å². The van der Waals surface area contributed by atoms with Gasteiger partial charge in [0, 0.05) is 38.6 Å². The Morgan fingerprint density at radius 3 is 2.57 bits per heavy atom. The van der Waals surface area contributed by atoms with Crippen LogP contribution in [-0.4, -0.2) is 32.2 Å². The molecule has 0 aliphatic carbocycles. The molecule has 0 radical (unpaired) electrons. The van der Waals surface area contributed by atoms with Crippen molar-refractivity contribution in [2.24, 2.45) is 7.05 Å². The van der Waals surface area contributed by atoms with Crippen LogP contribution in [0.5, 0.6) is 0 Å². The summed E-state index contributed by atoms with van der Waals surface area (Å²) in [6, 6.07) is 4.56. The first-order chi connectivity index (χ1) is 14.4. The molecule has 4 heterocycles. The number of aromatic nitrogens is 4. The second kappa shape index (κ2) is 7.55. The highest BCUT2D eigenvalue weighted by molar-refractivity contribution is 5.74. The molecule has 0 amide bonds. The summed E-state index contributed by atoms with van der Waals surface area (Å²) >= 11 is 0. The maximum atomic E-state index is 14.3. The van der Waals surface area contributed by atoms with Gasteiger partial charge >= 0.3 is 11.1 Å². The monoisotopic (exact) mass is 406 g/mol. The predicted molar refractivity (Wildman–Crippen MR) is 111 cm³/mol. The van der Waals surface area contributed by atoms with Gasteiger partial charge in [0.2, 0.25) is 0 Å². The topological polar surface area (TPSA) is 96.8 Å². The van der Waals surface area contributed by atoms with Crippen LogP contribution in [0.1, 0.15) is 30.0 Å². The van der Waals surface area contributed by atoms with Gasteiger partial charge in [0.05, 0.1) is 11.1 Å². The number of aryl methyl sites for hydroxylation is 1. The maximum Gasteiger partial charge on any atom is 0.318 e. The number of halogens is 1. The highest BCUT2D eigenvalue weighted by Gasteiger charge is 2.27. The number of nitriles is 1. The highest BCUT2D eigenvalue weighted by atomic mass is 19.1. The number of piperidine rings is 1. The van der Waals surface area contributed by atoms with E-state index in [9.17, 15) is 14.0 Å². The number of pyridine rings is 2. The summed E-state index contributed by atoms with van der Waals surface area (Å²) in [6.07, 6.45) is 5.62. The number of hydrogen-bond acceptors (Lipinski definition) is 6. The quantitative estimate of drug-likeness (QED) is 0.617. The van der Waals surface area contributed by atoms with Gasteiger partial charge in [0.25, 0.3) is 0 Å². The Morgan fingerprint density at radius 1 is 1.20 bits per heavy atom. The molecular weight excluding hydrogens is 387 g/mol. The Bertz CT molecular complexity index is 1310. The molecule has 0 saturated carbocycles. The van der Waals surface area contributed by atoms with Crippen LogP contribution >= 0.6 is 0 Å². The number of rotatable bonds is 3. The van der Waals surface area contributed by atoms with Gasteiger partial charge < -0.3 is 9.47 Å². The zero-order valence-corrected chi connectivity index (χ0v) is 16.4. The van der Waals surface area contributed by atoms with Crippen molar-refractivity contribution in [3.63, 3.8) is 0 Å². The summed E-state index contributed by atoms with van der Waals surface area (Å²) in [5, 5.41) is 8.87. The minimum atomic E-state index is -0.620. The van der Waals surface area contributed by atoms with Crippen molar-refractivity contribution < 1.29 is 4.39 Å². The molecule has 30 heavy (non-hydrogen) atoms. The summed E-state index contributed by atoms with van der Waals surface area (Å²) < 4.78 is 17.1. The van der Waals surface area contributed by atoms with Gasteiger partial charge in [-0.05, 0) is 30.5 Å². The molecule has 1 saturated heterocycles.